The molecule has 0 amide bonds. The van der Waals surface area contributed by atoms with Gasteiger partial charge in [0.15, 0.2) is 0 Å². The summed E-state index contributed by atoms with van der Waals surface area (Å²) in [6.45, 7) is 1.82. The smallest absolute Gasteiger partial charge is 0.238 e. The van der Waals surface area contributed by atoms with E-state index in [-0.39, 0.29) is 10.7 Å². The first kappa shape index (κ1) is 20.3. The Balaban J connectivity index is 1.66. The molecular weight excluding hydrogens is 416 g/mol. The maximum atomic E-state index is 11.3. The van der Waals surface area contributed by atoms with Crippen molar-refractivity contribution in [3.8, 4) is 0 Å². The zero-order valence-electron chi connectivity index (χ0n) is 14.7. The lowest BCUT2D eigenvalue weighted by Crippen LogP contribution is -2.29. The number of hydrogen-bond acceptors (Lipinski definition) is 8. The average Bonchev–Trinajstić information content (AvgIpc) is 2.96. The Hall–Kier alpha value is -2.47. The highest BCUT2D eigenvalue weighted by atomic mass is 32.2. The van der Waals surface area contributed by atoms with E-state index in [1.807, 2.05) is 37.3 Å². The van der Waals surface area contributed by atoms with Gasteiger partial charge < -0.3 is 0 Å². The topological polar surface area (TPSA) is 124 Å². The van der Waals surface area contributed by atoms with E-state index < -0.39 is 15.9 Å². The first-order valence-electron chi connectivity index (χ1n) is 8.01. The molecule has 0 saturated heterocycles. The van der Waals surface area contributed by atoms with Crippen LogP contribution in [0.1, 0.15) is 6.92 Å². The first-order chi connectivity index (χ1) is 13.3. The van der Waals surface area contributed by atoms with Crippen molar-refractivity contribution in [2.45, 2.75) is 11.8 Å². The summed E-state index contributed by atoms with van der Waals surface area (Å²) < 4.78 is 27.0. The van der Waals surface area contributed by atoms with Gasteiger partial charge in [-0.3, -0.25) is 5.41 Å². The van der Waals surface area contributed by atoms with Gasteiger partial charge in [0.2, 0.25) is 10.0 Å². The number of anilines is 1. The van der Waals surface area contributed by atoms with Crippen LogP contribution in [0.2, 0.25) is 0 Å². The summed E-state index contributed by atoms with van der Waals surface area (Å²) in [5.41, 5.74) is 1.96. The number of nitrogens with one attached hydrogen (secondary N) is 1. The van der Waals surface area contributed by atoms with E-state index in [9.17, 15) is 8.42 Å². The number of nitrogens with two attached hydrogens (primary N) is 1. The molecule has 1 unspecified atom stereocenters. The highest BCUT2D eigenvalue weighted by Crippen LogP contribution is 2.29. The highest BCUT2D eigenvalue weighted by molar-refractivity contribution is 8.22. The Labute approximate surface area is 172 Å². The summed E-state index contributed by atoms with van der Waals surface area (Å²) in [6.07, 6.45) is 0. The lowest BCUT2D eigenvalue weighted by molar-refractivity contribution is 0.598. The van der Waals surface area contributed by atoms with E-state index in [4.69, 9.17) is 22.8 Å². The zero-order chi connectivity index (χ0) is 20.3. The van der Waals surface area contributed by atoms with Gasteiger partial charge in [-0.05, 0) is 43.3 Å². The van der Waals surface area contributed by atoms with E-state index in [2.05, 4.69) is 14.7 Å². The van der Waals surface area contributed by atoms with Crippen molar-refractivity contribution in [2.75, 3.05) is 5.01 Å². The van der Waals surface area contributed by atoms with Gasteiger partial charge in [-0.1, -0.05) is 30.4 Å². The minimum absolute atomic E-state index is 0.00173. The monoisotopic (exact) mass is 432 g/mol. The third-order valence-corrected chi connectivity index (χ3v) is 5.83. The van der Waals surface area contributed by atoms with E-state index in [1.54, 1.807) is 5.01 Å². The van der Waals surface area contributed by atoms with Crippen LogP contribution < -0.4 is 10.1 Å². The van der Waals surface area contributed by atoms with Crippen LogP contribution in [0, 0.1) is 11.3 Å². The van der Waals surface area contributed by atoms with Crippen LogP contribution in [-0.4, -0.2) is 24.2 Å². The van der Waals surface area contributed by atoms with Gasteiger partial charge in [0.1, 0.15) is 11.8 Å². The predicted octanol–water partition coefficient (Wildman–Crippen LogP) is 3.88. The van der Waals surface area contributed by atoms with Crippen molar-refractivity contribution in [1.29, 1.82) is 5.41 Å². The lowest BCUT2D eigenvalue weighted by Gasteiger charge is -2.16. The molecule has 1 aliphatic rings. The van der Waals surface area contributed by atoms with Crippen LogP contribution >= 0.6 is 24.2 Å². The Kier molecular flexibility index (Phi) is 5.98. The molecule has 0 aliphatic carbocycles. The SMILES string of the molecule is CC1=NN(c2ccccc2)C(=N)C1C(=S)SN=Nc1ccc(S(N)(=O)=O)cc1. The van der Waals surface area contributed by atoms with Crippen molar-refractivity contribution in [3.63, 3.8) is 0 Å². The fraction of sp³-hybridized carbons (Fsp3) is 0.118. The summed E-state index contributed by atoms with van der Waals surface area (Å²) in [5, 5.41) is 23.5. The number of benzene rings is 2. The third kappa shape index (κ3) is 4.50. The largest absolute Gasteiger partial charge is 0.286 e. The molecule has 0 saturated carbocycles. The van der Waals surface area contributed by atoms with Crippen LogP contribution in [0.4, 0.5) is 11.4 Å². The molecule has 2 aromatic rings. The highest BCUT2D eigenvalue weighted by Gasteiger charge is 2.34. The van der Waals surface area contributed by atoms with Gasteiger partial charge in [0, 0.05) is 11.9 Å². The molecule has 28 heavy (non-hydrogen) atoms. The number of hydrazone groups is 1. The number of nitrogens with zero attached hydrogens (tertiary/aromatic N) is 4. The van der Waals surface area contributed by atoms with Gasteiger partial charge in [-0.15, -0.1) is 9.63 Å². The Morgan fingerprint density at radius 2 is 1.86 bits per heavy atom. The standard InChI is InChI=1S/C17H16N6O2S3/c1-11-15(16(18)23(21-11)13-5-3-2-4-6-13)17(26)27-22-20-12-7-9-14(10-8-12)28(19,24)25/h2-10,15,18H,1H3,(H2,19,24,25). The Bertz CT molecular complexity index is 1070. The van der Waals surface area contributed by atoms with Gasteiger partial charge in [0.25, 0.3) is 0 Å². The maximum Gasteiger partial charge on any atom is 0.238 e. The number of thiocarbonyl (C=S) groups is 1. The Morgan fingerprint density at radius 1 is 1.21 bits per heavy atom. The van der Waals surface area contributed by atoms with E-state index in [0.717, 1.165) is 17.6 Å². The van der Waals surface area contributed by atoms with Gasteiger partial charge in [-0.25, -0.2) is 18.6 Å². The normalized spacial score (nSPS) is 17.2. The van der Waals surface area contributed by atoms with Crippen molar-refractivity contribution in [3.05, 3.63) is 54.6 Å². The lowest BCUT2D eigenvalue weighted by atomic mass is 10.1. The molecule has 1 heterocycles. The fourth-order valence-corrected chi connectivity index (χ4v) is 4.00. The molecule has 8 nitrogen and oxygen atoms in total. The average molecular weight is 433 g/mol. The quantitative estimate of drug-likeness (QED) is 0.421. The Morgan fingerprint density at radius 3 is 2.46 bits per heavy atom. The molecule has 0 aromatic heterocycles. The second kappa shape index (κ2) is 8.27. The minimum Gasteiger partial charge on any atom is -0.286 e. The summed E-state index contributed by atoms with van der Waals surface area (Å²) in [4.78, 5) is 0.00173. The number of hydrogen-bond donors (Lipinski definition) is 2. The van der Waals surface area contributed by atoms with Gasteiger partial charge >= 0.3 is 0 Å². The first-order valence-corrected chi connectivity index (χ1v) is 10.7. The summed E-state index contributed by atoms with van der Waals surface area (Å²) >= 11 is 6.40. The van der Waals surface area contributed by atoms with Crippen LogP contribution in [0.25, 0.3) is 0 Å². The third-order valence-electron chi connectivity index (χ3n) is 3.87. The number of rotatable bonds is 5. The van der Waals surface area contributed by atoms with Crippen molar-refractivity contribution in [2.24, 2.45) is 25.8 Å². The molecular formula is C17H16N6O2S3. The van der Waals surface area contributed by atoms with Crippen molar-refractivity contribution >= 4 is 61.3 Å². The molecule has 144 valence electrons. The summed E-state index contributed by atoms with van der Waals surface area (Å²) in [5.74, 6) is -0.183. The zero-order valence-corrected chi connectivity index (χ0v) is 17.1. The molecule has 1 aliphatic heterocycles. The number of primary sulfonamides is 1. The number of amidine groups is 1. The van der Waals surface area contributed by atoms with E-state index in [1.165, 1.54) is 24.3 Å². The molecule has 0 bridgehead atoms. The van der Waals surface area contributed by atoms with Crippen LogP contribution in [0.15, 0.2) is 74.2 Å². The molecule has 3 N–H and O–H groups in total. The van der Waals surface area contributed by atoms with Gasteiger partial charge in [-0.2, -0.15) is 5.10 Å². The van der Waals surface area contributed by atoms with Crippen LogP contribution in [-0.2, 0) is 10.0 Å². The van der Waals surface area contributed by atoms with Crippen LogP contribution in [0.5, 0.6) is 0 Å². The molecule has 0 fully saturated rings. The van der Waals surface area contributed by atoms with E-state index in [0.29, 0.717) is 15.6 Å². The second-order valence-corrected chi connectivity index (χ2v) is 8.88. The number of para-hydroxylation sites is 1. The van der Waals surface area contributed by atoms with E-state index >= 15 is 0 Å². The minimum atomic E-state index is -3.74. The molecule has 0 spiro atoms. The molecule has 0 radical (unpaired) electrons. The summed E-state index contributed by atoms with van der Waals surface area (Å²) in [7, 11) is -3.74. The van der Waals surface area contributed by atoms with Crippen LogP contribution in [0.3, 0.4) is 0 Å². The molecule has 1 atom stereocenters. The fourth-order valence-electron chi connectivity index (χ4n) is 2.50. The number of sulfonamides is 1. The molecule has 2 aromatic carbocycles. The van der Waals surface area contributed by atoms with Crippen molar-refractivity contribution < 1.29 is 8.42 Å². The molecule has 11 heteroatoms. The maximum absolute atomic E-state index is 11.3. The van der Waals surface area contributed by atoms with Crippen molar-refractivity contribution in [1.82, 2.24) is 0 Å². The summed E-state index contributed by atoms with van der Waals surface area (Å²) in [6, 6.07) is 15.1. The second-order valence-electron chi connectivity index (χ2n) is 5.84. The molecule has 3 rings (SSSR count). The predicted molar refractivity (Wildman–Crippen MR) is 116 cm³/mol. The van der Waals surface area contributed by atoms with Gasteiger partial charge in [0.05, 0.1) is 26.2 Å².